The highest BCUT2D eigenvalue weighted by Gasteiger charge is 2.38. The van der Waals surface area contributed by atoms with Gasteiger partial charge in [-0.3, -0.25) is 9.59 Å². The molecule has 0 aromatic rings. The molecule has 3 atom stereocenters. The Morgan fingerprint density at radius 3 is 2.58 bits per heavy atom. The molecule has 1 aliphatic rings. The molecule has 0 amide bonds. The fourth-order valence-electron chi connectivity index (χ4n) is 3.34. The molecule has 0 saturated heterocycles. The number of carbonyl (C=O) groups is 2. The van der Waals surface area contributed by atoms with Gasteiger partial charge in [0.2, 0.25) is 0 Å². The zero-order valence-electron chi connectivity index (χ0n) is 15.9. The third kappa shape index (κ3) is 8.77. The summed E-state index contributed by atoms with van der Waals surface area (Å²) in [6.07, 6.45) is 15.3. The summed E-state index contributed by atoms with van der Waals surface area (Å²) in [5, 5.41) is 18.9. The van der Waals surface area contributed by atoms with Gasteiger partial charge in [0.1, 0.15) is 5.78 Å². The number of allylic oxidation sites excluding steroid dienone is 3. The smallest absolute Gasteiger partial charge is 0.305 e. The molecule has 1 saturated carbocycles. The lowest BCUT2D eigenvalue weighted by Gasteiger charge is -2.15. The fraction of sp³-hybridized carbons (Fsp3) is 0.714. The number of rotatable bonds is 13. The fourth-order valence-corrected chi connectivity index (χ4v) is 3.34. The Morgan fingerprint density at radius 1 is 1.12 bits per heavy atom. The van der Waals surface area contributed by atoms with Crippen LogP contribution >= 0.6 is 0 Å². The van der Waals surface area contributed by atoms with Gasteiger partial charge in [0.25, 0.3) is 0 Å². The van der Waals surface area contributed by atoms with Crippen molar-refractivity contribution >= 4 is 11.8 Å². The van der Waals surface area contributed by atoms with Gasteiger partial charge in [0.05, 0.1) is 13.2 Å². The summed E-state index contributed by atoms with van der Waals surface area (Å²) < 4.78 is 4.60. The van der Waals surface area contributed by atoms with Crippen molar-refractivity contribution in [1.82, 2.24) is 0 Å². The van der Waals surface area contributed by atoms with E-state index in [1.54, 1.807) is 0 Å². The number of ketones is 1. The van der Waals surface area contributed by atoms with E-state index in [1.165, 1.54) is 7.11 Å². The second-order valence-electron chi connectivity index (χ2n) is 6.95. The number of esters is 1. The summed E-state index contributed by atoms with van der Waals surface area (Å²) >= 11 is 0. The molecule has 1 rings (SSSR count). The molecule has 0 aromatic heterocycles. The van der Waals surface area contributed by atoms with Gasteiger partial charge in [-0.15, -0.1) is 0 Å². The molecular weight excluding hydrogens is 332 g/mol. The van der Waals surface area contributed by atoms with Crippen LogP contribution < -0.4 is 0 Å². The lowest BCUT2D eigenvalue weighted by Crippen LogP contribution is -2.17. The Kier molecular flexibility index (Phi) is 11.9. The van der Waals surface area contributed by atoms with E-state index in [2.05, 4.69) is 10.8 Å². The van der Waals surface area contributed by atoms with Gasteiger partial charge in [-0.2, -0.15) is 0 Å². The molecule has 26 heavy (non-hydrogen) atoms. The van der Waals surface area contributed by atoms with E-state index in [0.29, 0.717) is 12.8 Å². The number of hydrogen-bond donors (Lipinski definition) is 2. The van der Waals surface area contributed by atoms with E-state index in [-0.39, 0.29) is 36.6 Å². The Labute approximate surface area is 157 Å². The first kappa shape index (κ1) is 22.6. The van der Waals surface area contributed by atoms with Crippen molar-refractivity contribution in [3.63, 3.8) is 0 Å². The summed E-state index contributed by atoms with van der Waals surface area (Å²) in [6, 6.07) is 0. The van der Waals surface area contributed by atoms with E-state index in [1.807, 2.05) is 18.2 Å². The number of Topliss-reactive ketones (excluding diaryl/α,β-unsaturated/α-hetero) is 1. The standard InChI is InChI=1S/C21H34O5/c1-26-21(25)14-10-6-5-9-13-18-17(19(23)16-20(18)24)12-8-4-2-3-7-11-15-22/h5,8-9,12,17-19,22-23H,2-4,6-7,10-11,13-16H2,1H3/b9-5-,12-8?/t17-,18+,19+/m0/s1. The van der Waals surface area contributed by atoms with Crippen LogP contribution in [0.1, 0.15) is 64.2 Å². The van der Waals surface area contributed by atoms with Gasteiger partial charge in [-0.1, -0.05) is 37.1 Å². The second kappa shape index (κ2) is 13.7. The summed E-state index contributed by atoms with van der Waals surface area (Å²) in [7, 11) is 1.39. The van der Waals surface area contributed by atoms with Crippen LogP contribution in [0.2, 0.25) is 0 Å². The van der Waals surface area contributed by atoms with Crippen molar-refractivity contribution in [2.24, 2.45) is 11.8 Å². The lowest BCUT2D eigenvalue weighted by molar-refractivity contribution is -0.140. The highest BCUT2D eigenvalue weighted by molar-refractivity contribution is 5.84. The van der Waals surface area contributed by atoms with Gasteiger partial charge in [0.15, 0.2) is 0 Å². The SMILES string of the molecule is COC(=O)CCC/C=C\C[C@H]1C(=O)C[C@@H](O)[C@H]1C=CCCCCCCO. The van der Waals surface area contributed by atoms with Gasteiger partial charge in [-0.25, -0.2) is 0 Å². The number of unbranched alkanes of at least 4 members (excludes halogenated alkanes) is 5. The van der Waals surface area contributed by atoms with Gasteiger partial charge in [-0.05, 0) is 38.5 Å². The molecule has 148 valence electrons. The average molecular weight is 366 g/mol. The number of carbonyl (C=O) groups excluding carboxylic acids is 2. The maximum atomic E-state index is 12.1. The minimum absolute atomic E-state index is 0.0975. The number of aliphatic hydroxyl groups is 2. The Morgan fingerprint density at radius 2 is 1.85 bits per heavy atom. The molecule has 0 aromatic carbocycles. The maximum absolute atomic E-state index is 12.1. The van der Waals surface area contributed by atoms with Crippen LogP contribution in [0, 0.1) is 11.8 Å². The third-order valence-electron chi connectivity index (χ3n) is 4.91. The third-order valence-corrected chi connectivity index (χ3v) is 4.91. The first-order valence-electron chi connectivity index (χ1n) is 9.80. The Hall–Kier alpha value is -1.46. The molecule has 0 radical (unpaired) electrons. The van der Waals surface area contributed by atoms with Crippen LogP contribution in [0.4, 0.5) is 0 Å². The quantitative estimate of drug-likeness (QED) is 0.297. The highest BCUT2D eigenvalue weighted by atomic mass is 16.5. The highest BCUT2D eigenvalue weighted by Crippen LogP contribution is 2.33. The van der Waals surface area contributed by atoms with E-state index < -0.39 is 6.10 Å². The van der Waals surface area contributed by atoms with Crippen LogP contribution in [0.15, 0.2) is 24.3 Å². The molecule has 0 aliphatic heterocycles. The van der Waals surface area contributed by atoms with Gasteiger partial charge in [0, 0.05) is 31.3 Å². The second-order valence-corrected chi connectivity index (χ2v) is 6.95. The van der Waals surface area contributed by atoms with Crippen molar-refractivity contribution in [3.05, 3.63) is 24.3 Å². The molecular formula is C21H34O5. The molecule has 0 spiro atoms. The predicted molar refractivity (Wildman–Crippen MR) is 102 cm³/mol. The molecule has 0 heterocycles. The van der Waals surface area contributed by atoms with Gasteiger partial charge < -0.3 is 14.9 Å². The number of hydrogen-bond acceptors (Lipinski definition) is 5. The molecule has 0 unspecified atom stereocenters. The number of ether oxygens (including phenoxy) is 1. The minimum atomic E-state index is -0.578. The van der Waals surface area contributed by atoms with E-state index in [9.17, 15) is 14.7 Å². The van der Waals surface area contributed by atoms with Crippen molar-refractivity contribution in [2.45, 2.75) is 70.3 Å². The van der Waals surface area contributed by atoms with Crippen LogP contribution in [0.25, 0.3) is 0 Å². The minimum Gasteiger partial charge on any atom is -0.469 e. The first-order valence-corrected chi connectivity index (χ1v) is 9.80. The van der Waals surface area contributed by atoms with Crippen molar-refractivity contribution in [2.75, 3.05) is 13.7 Å². The van der Waals surface area contributed by atoms with Crippen LogP contribution in [0.5, 0.6) is 0 Å². The zero-order chi connectivity index (χ0) is 19.2. The normalized spacial score (nSPS) is 23.3. The van der Waals surface area contributed by atoms with Crippen molar-refractivity contribution < 1.29 is 24.5 Å². The molecule has 1 fully saturated rings. The van der Waals surface area contributed by atoms with Crippen LogP contribution in [-0.4, -0.2) is 41.8 Å². The van der Waals surface area contributed by atoms with E-state index >= 15 is 0 Å². The molecule has 5 nitrogen and oxygen atoms in total. The predicted octanol–water partition coefficient (Wildman–Crippen LogP) is 3.34. The van der Waals surface area contributed by atoms with Crippen LogP contribution in [-0.2, 0) is 14.3 Å². The Bertz CT molecular complexity index is 469. The summed E-state index contributed by atoms with van der Waals surface area (Å²) in [5.74, 6) is -0.310. The molecule has 5 heteroatoms. The van der Waals surface area contributed by atoms with Gasteiger partial charge >= 0.3 is 5.97 Å². The van der Waals surface area contributed by atoms with E-state index in [4.69, 9.17) is 5.11 Å². The zero-order valence-corrected chi connectivity index (χ0v) is 15.9. The summed E-state index contributed by atoms with van der Waals surface area (Å²) in [5.41, 5.74) is 0. The number of aliphatic hydroxyl groups excluding tert-OH is 2. The first-order chi connectivity index (χ1) is 12.6. The average Bonchev–Trinajstić information content (AvgIpc) is 2.90. The largest absolute Gasteiger partial charge is 0.469 e. The number of methoxy groups -OCH3 is 1. The maximum Gasteiger partial charge on any atom is 0.305 e. The lowest BCUT2D eigenvalue weighted by atomic mass is 9.90. The van der Waals surface area contributed by atoms with Crippen molar-refractivity contribution in [1.29, 1.82) is 0 Å². The summed E-state index contributed by atoms with van der Waals surface area (Å²) in [4.78, 5) is 23.2. The van der Waals surface area contributed by atoms with Crippen LogP contribution in [0.3, 0.4) is 0 Å². The van der Waals surface area contributed by atoms with Crippen molar-refractivity contribution in [3.8, 4) is 0 Å². The Balaban J connectivity index is 2.34. The molecule has 0 bridgehead atoms. The topological polar surface area (TPSA) is 83.8 Å². The summed E-state index contributed by atoms with van der Waals surface area (Å²) in [6.45, 7) is 0.254. The molecule has 1 aliphatic carbocycles. The monoisotopic (exact) mass is 366 g/mol. The molecule has 2 N–H and O–H groups in total. The van der Waals surface area contributed by atoms with E-state index in [0.717, 1.165) is 44.9 Å².